The van der Waals surface area contributed by atoms with Gasteiger partial charge >= 0.3 is 5.97 Å². The van der Waals surface area contributed by atoms with Crippen LogP contribution in [0.15, 0.2) is 36.5 Å². The van der Waals surface area contributed by atoms with E-state index in [2.05, 4.69) is 4.74 Å². The standard InChI is InChI=1S/C14H13NO4/c1-15-8-9(7-11(15)14(18)19-2)13(17)10-5-3-4-6-12(10)16/h3-8,16H,1-2H3. The molecular formula is C14H13NO4. The number of ketones is 1. The number of methoxy groups -OCH3 is 1. The Morgan fingerprint density at radius 2 is 1.95 bits per heavy atom. The lowest BCUT2D eigenvalue weighted by Crippen LogP contribution is -2.06. The SMILES string of the molecule is COC(=O)c1cc(C(=O)c2ccccc2O)cn1C. The van der Waals surface area contributed by atoms with Gasteiger partial charge in [-0.05, 0) is 18.2 Å². The van der Waals surface area contributed by atoms with Gasteiger partial charge in [0.15, 0.2) is 5.78 Å². The van der Waals surface area contributed by atoms with Crippen molar-refractivity contribution in [3.05, 3.63) is 53.3 Å². The first-order valence-electron chi connectivity index (χ1n) is 5.62. The molecule has 0 aliphatic heterocycles. The van der Waals surface area contributed by atoms with E-state index in [1.165, 1.54) is 36.1 Å². The van der Waals surface area contributed by atoms with Crippen molar-refractivity contribution in [1.82, 2.24) is 4.57 Å². The number of nitrogens with zero attached hydrogens (tertiary/aromatic N) is 1. The highest BCUT2D eigenvalue weighted by Gasteiger charge is 2.18. The Morgan fingerprint density at radius 3 is 2.58 bits per heavy atom. The van der Waals surface area contributed by atoms with E-state index < -0.39 is 5.97 Å². The second-order valence-electron chi connectivity index (χ2n) is 4.06. The second-order valence-corrected chi connectivity index (χ2v) is 4.06. The van der Waals surface area contributed by atoms with Crippen molar-refractivity contribution in [2.24, 2.45) is 7.05 Å². The summed E-state index contributed by atoms with van der Waals surface area (Å²) in [5, 5.41) is 9.65. The number of aryl methyl sites for hydroxylation is 1. The number of esters is 1. The smallest absolute Gasteiger partial charge is 0.354 e. The van der Waals surface area contributed by atoms with Crippen LogP contribution in [0.1, 0.15) is 26.4 Å². The quantitative estimate of drug-likeness (QED) is 0.673. The van der Waals surface area contributed by atoms with Crippen molar-refractivity contribution >= 4 is 11.8 Å². The monoisotopic (exact) mass is 259 g/mol. The van der Waals surface area contributed by atoms with Crippen molar-refractivity contribution in [3.8, 4) is 5.75 Å². The molecule has 98 valence electrons. The number of phenols is 1. The summed E-state index contributed by atoms with van der Waals surface area (Å²) in [5.41, 5.74) is 0.801. The fraction of sp³-hybridized carbons (Fsp3) is 0.143. The van der Waals surface area contributed by atoms with Crippen LogP contribution >= 0.6 is 0 Å². The van der Waals surface area contributed by atoms with Crippen molar-refractivity contribution in [2.45, 2.75) is 0 Å². The third-order valence-electron chi connectivity index (χ3n) is 2.81. The molecule has 0 bridgehead atoms. The molecule has 1 heterocycles. The minimum Gasteiger partial charge on any atom is -0.507 e. The molecule has 1 aromatic carbocycles. The highest BCUT2D eigenvalue weighted by molar-refractivity contribution is 6.11. The predicted octanol–water partition coefficient (Wildman–Crippen LogP) is 1.75. The Kier molecular flexibility index (Phi) is 3.37. The van der Waals surface area contributed by atoms with Crippen LogP contribution in [0, 0.1) is 0 Å². The van der Waals surface area contributed by atoms with Gasteiger partial charge in [0.2, 0.25) is 0 Å². The Balaban J connectivity index is 2.41. The summed E-state index contributed by atoms with van der Waals surface area (Å²) >= 11 is 0. The van der Waals surface area contributed by atoms with Gasteiger partial charge in [-0.2, -0.15) is 0 Å². The first kappa shape index (κ1) is 12.9. The number of aromatic nitrogens is 1. The minimum atomic E-state index is -0.515. The van der Waals surface area contributed by atoms with E-state index in [0.717, 1.165) is 0 Å². The number of benzene rings is 1. The summed E-state index contributed by atoms with van der Waals surface area (Å²) in [6, 6.07) is 7.72. The fourth-order valence-electron chi connectivity index (χ4n) is 1.82. The summed E-state index contributed by atoms with van der Waals surface area (Å²) < 4.78 is 6.13. The van der Waals surface area contributed by atoms with Crippen molar-refractivity contribution in [1.29, 1.82) is 0 Å². The molecule has 5 heteroatoms. The summed E-state index contributed by atoms with van der Waals surface area (Å²) in [6.45, 7) is 0. The number of phenolic OH excluding ortho intramolecular Hbond substituents is 1. The molecule has 1 N–H and O–H groups in total. The highest BCUT2D eigenvalue weighted by atomic mass is 16.5. The Labute approximate surface area is 110 Å². The lowest BCUT2D eigenvalue weighted by Gasteiger charge is -2.00. The van der Waals surface area contributed by atoms with Crippen LogP contribution in [-0.4, -0.2) is 28.5 Å². The first-order chi connectivity index (χ1) is 9.04. The largest absolute Gasteiger partial charge is 0.507 e. The van der Waals surface area contributed by atoms with E-state index >= 15 is 0 Å². The molecule has 0 aliphatic carbocycles. The van der Waals surface area contributed by atoms with Crippen molar-refractivity contribution in [3.63, 3.8) is 0 Å². The number of rotatable bonds is 3. The predicted molar refractivity (Wildman–Crippen MR) is 68.3 cm³/mol. The van der Waals surface area contributed by atoms with E-state index in [-0.39, 0.29) is 22.8 Å². The molecule has 2 aromatic rings. The minimum absolute atomic E-state index is 0.0871. The third-order valence-corrected chi connectivity index (χ3v) is 2.81. The van der Waals surface area contributed by atoms with Gasteiger partial charge < -0.3 is 14.4 Å². The summed E-state index contributed by atoms with van der Waals surface area (Å²) in [5.74, 6) is -0.946. The average Bonchev–Trinajstić information content (AvgIpc) is 2.80. The van der Waals surface area contributed by atoms with E-state index in [4.69, 9.17) is 0 Å². The molecule has 0 saturated heterocycles. The molecular weight excluding hydrogens is 246 g/mol. The van der Waals surface area contributed by atoms with E-state index in [0.29, 0.717) is 5.56 Å². The summed E-state index contributed by atoms with van der Waals surface area (Å²) in [4.78, 5) is 23.7. The zero-order chi connectivity index (χ0) is 14.0. The molecule has 0 saturated carbocycles. The number of carbonyl (C=O) groups excluding carboxylic acids is 2. The van der Waals surface area contributed by atoms with Gasteiger partial charge in [0.1, 0.15) is 11.4 Å². The molecule has 0 fully saturated rings. The Hall–Kier alpha value is -2.56. The van der Waals surface area contributed by atoms with Crippen LogP contribution in [0.25, 0.3) is 0 Å². The zero-order valence-corrected chi connectivity index (χ0v) is 10.6. The number of carbonyl (C=O) groups is 2. The highest BCUT2D eigenvalue weighted by Crippen LogP contribution is 2.21. The molecule has 0 spiro atoms. The van der Waals surface area contributed by atoms with Crippen LogP contribution in [0.3, 0.4) is 0 Å². The van der Waals surface area contributed by atoms with Crippen LogP contribution < -0.4 is 0 Å². The molecule has 1 aromatic heterocycles. The van der Waals surface area contributed by atoms with E-state index in [1.54, 1.807) is 19.2 Å². The van der Waals surface area contributed by atoms with Crippen molar-refractivity contribution < 1.29 is 19.4 Å². The molecule has 0 radical (unpaired) electrons. The normalized spacial score (nSPS) is 10.2. The van der Waals surface area contributed by atoms with Crippen LogP contribution in [0.2, 0.25) is 0 Å². The molecule has 0 unspecified atom stereocenters. The zero-order valence-electron chi connectivity index (χ0n) is 10.6. The number of aromatic hydroxyl groups is 1. The van der Waals surface area contributed by atoms with E-state index in [1.807, 2.05) is 0 Å². The van der Waals surface area contributed by atoms with Gasteiger partial charge in [-0.15, -0.1) is 0 Å². The lowest BCUT2D eigenvalue weighted by atomic mass is 10.0. The van der Waals surface area contributed by atoms with Crippen molar-refractivity contribution in [2.75, 3.05) is 7.11 Å². The van der Waals surface area contributed by atoms with Crippen LogP contribution in [0.4, 0.5) is 0 Å². The third kappa shape index (κ3) is 2.35. The maximum absolute atomic E-state index is 12.2. The molecule has 2 rings (SSSR count). The van der Waals surface area contributed by atoms with Gasteiger partial charge in [0.25, 0.3) is 0 Å². The first-order valence-corrected chi connectivity index (χ1v) is 5.62. The summed E-state index contributed by atoms with van der Waals surface area (Å²) in [7, 11) is 2.92. The van der Waals surface area contributed by atoms with Gasteiger partial charge in [-0.25, -0.2) is 4.79 Å². The number of hydrogen-bond acceptors (Lipinski definition) is 4. The maximum atomic E-state index is 12.2. The average molecular weight is 259 g/mol. The molecule has 5 nitrogen and oxygen atoms in total. The molecule has 19 heavy (non-hydrogen) atoms. The Morgan fingerprint density at radius 1 is 1.26 bits per heavy atom. The van der Waals surface area contributed by atoms with Gasteiger partial charge in [0.05, 0.1) is 12.7 Å². The van der Waals surface area contributed by atoms with Gasteiger partial charge in [0, 0.05) is 18.8 Å². The molecule has 0 aliphatic rings. The Bertz CT molecular complexity index is 643. The van der Waals surface area contributed by atoms with Gasteiger partial charge in [-0.3, -0.25) is 4.79 Å². The van der Waals surface area contributed by atoms with Crippen LogP contribution in [-0.2, 0) is 11.8 Å². The van der Waals surface area contributed by atoms with Crippen LogP contribution in [0.5, 0.6) is 5.75 Å². The fourth-order valence-corrected chi connectivity index (χ4v) is 1.82. The maximum Gasteiger partial charge on any atom is 0.354 e. The molecule has 0 amide bonds. The van der Waals surface area contributed by atoms with Gasteiger partial charge in [-0.1, -0.05) is 12.1 Å². The second kappa shape index (κ2) is 4.97. The van der Waals surface area contributed by atoms with E-state index in [9.17, 15) is 14.7 Å². The number of hydrogen-bond donors (Lipinski definition) is 1. The lowest BCUT2D eigenvalue weighted by molar-refractivity contribution is 0.0590. The summed E-state index contributed by atoms with van der Waals surface area (Å²) in [6.07, 6.45) is 1.53. The number of para-hydroxylation sites is 1. The number of ether oxygens (including phenoxy) is 1. The topological polar surface area (TPSA) is 68.5 Å². The molecule has 0 atom stereocenters.